The molecule has 0 radical (unpaired) electrons. The van der Waals surface area contributed by atoms with Crippen LogP contribution in [0, 0.1) is 16.2 Å². The second-order valence-electron chi connectivity index (χ2n) is 9.41. The molecule has 0 aliphatic heterocycles. The smallest absolute Gasteiger partial charge is 0.373 e. The molecule has 0 aromatic carbocycles. The largest absolute Gasteiger partial charge is 0.497 e. The fourth-order valence-corrected chi connectivity index (χ4v) is 3.50. The summed E-state index contributed by atoms with van der Waals surface area (Å²) in [5.41, 5.74) is 0.347. The lowest BCUT2D eigenvalue weighted by Gasteiger charge is -2.34. The highest BCUT2D eigenvalue weighted by Gasteiger charge is 2.38. The van der Waals surface area contributed by atoms with Gasteiger partial charge < -0.3 is 13.3 Å². The molecule has 0 fully saturated rings. The summed E-state index contributed by atoms with van der Waals surface area (Å²) in [5, 5.41) is 0. The zero-order valence-corrected chi connectivity index (χ0v) is 16.3. The molecule has 0 bridgehead atoms. The fourth-order valence-electron chi connectivity index (χ4n) is 1.17. The first kappa shape index (κ1) is 20.1. The molecule has 0 unspecified atom stereocenters. The molecule has 0 spiro atoms. The van der Waals surface area contributed by atoms with Gasteiger partial charge in [-0.05, 0) is 16.2 Å². The van der Waals surface area contributed by atoms with Gasteiger partial charge in [0, 0.05) is 26.4 Å². The molecule has 0 N–H and O–H groups in total. The van der Waals surface area contributed by atoms with Gasteiger partial charge in [-0.25, -0.2) is 0 Å². The van der Waals surface area contributed by atoms with Crippen LogP contribution in [0.25, 0.3) is 0 Å². The lowest BCUT2D eigenvalue weighted by atomic mass is 9.99. The van der Waals surface area contributed by atoms with Crippen LogP contribution >= 0.6 is 0 Å². The summed E-state index contributed by atoms with van der Waals surface area (Å²) in [6.07, 6.45) is 0. The van der Waals surface area contributed by atoms with Crippen LogP contribution in [0.15, 0.2) is 0 Å². The van der Waals surface area contributed by atoms with E-state index in [4.69, 9.17) is 13.3 Å². The third kappa shape index (κ3) is 11.9. The van der Waals surface area contributed by atoms with Crippen molar-refractivity contribution in [3.8, 4) is 0 Å². The minimum Gasteiger partial charge on any atom is -0.373 e. The van der Waals surface area contributed by atoms with Crippen molar-refractivity contribution < 1.29 is 13.3 Å². The summed E-state index contributed by atoms with van der Waals surface area (Å²) in [5.74, 6) is 0. The topological polar surface area (TPSA) is 27.7 Å². The van der Waals surface area contributed by atoms with Crippen LogP contribution < -0.4 is 0 Å². The fraction of sp³-hybridized carbons (Fsp3) is 1.00. The molecule has 0 saturated heterocycles. The minimum atomic E-state index is -2.58. The molecule has 0 rings (SSSR count). The standard InChI is InChI=1S/C16H36O3Si/c1-14(2,3)11-17-20(10,18-12-15(4,5)6)19-13-16(7,8)9/h11-13H2,1-10H3. The number of hydrogen-bond acceptors (Lipinski definition) is 3. The van der Waals surface area contributed by atoms with Gasteiger partial charge in [0.1, 0.15) is 0 Å². The van der Waals surface area contributed by atoms with E-state index in [0.717, 1.165) is 0 Å². The van der Waals surface area contributed by atoms with Gasteiger partial charge in [-0.1, -0.05) is 62.3 Å². The van der Waals surface area contributed by atoms with E-state index in [9.17, 15) is 0 Å². The normalized spacial score (nSPS) is 14.7. The van der Waals surface area contributed by atoms with Gasteiger partial charge in [0.05, 0.1) is 0 Å². The summed E-state index contributed by atoms with van der Waals surface area (Å²) >= 11 is 0. The molecule has 0 aromatic rings. The van der Waals surface area contributed by atoms with E-state index in [1.807, 2.05) is 6.55 Å². The van der Waals surface area contributed by atoms with Gasteiger partial charge in [0.25, 0.3) is 0 Å². The molecule has 0 saturated carbocycles. The maximum Gasteiger partial charge on any atom is 0.497 e. The molecule has 0 aliphatic rings. The highest BCUT2D eigenvalue weighted by atomic mass is 28.4. The van der Waals surface area contributed by atoms with Crippen molar-refractivity contribution in [1.29, 1.82) is 0 Å². The average molecular weight is 305 g/mol. The van der Waals surface area contributed by atoms with Crippen molar-refractivity contribution in [2.75, 3.05) is 19.8 Å². The molecule has 0 atom stereocenters. The lowest BCUT2D eigenvalue weighted by molar-refractivity contribution is 0.00889. The molecule has 4 heteroatoms. The van der Waals surface area contributed by atoms with Gasteiger partial charge >= 0.3 is 8.80 Å². The Balaban J connectivity index is 4.66. The van der Waals surface area contributed by atoms with Crippen molar-refractivity contribution in [1.82, 2.24) is 0 Å². The van der Waals surface area contributed by atoms with E-state index >= 15 is 0 Å². The van der Waals surface area contributed by atoms with Crippen LogP contribution in [-0.2, 0) is 13.3 Å². The summed E-state index contributed by atoms with van der Waals surface area (Å²) in [7, 11) is -2.58. The van der Waals surface area contributed by atoms with Crippen molar-refractivity contribution in [2.24, 2.45) is 16.2 Å². The average Bonchev–Trinajstić information content (AvgIpc) is 2.18. The highest BCUT2D eigenvalue weighted by molar-refractivity contribution is 6.59. The third-order valence-electron chi connectivity index (χ3n) is 2.30. The Morgan fingerprint density at radius 2 is 0.750 bits per heavy atom. The van der Waals surface area contributed by atoms with E-state index < -0.39 is 8.80 Å². The zero-order valence-electron chi connectivity index (χ0n) is 15.3. The van der Waals surface area contributed by atoms with E-state index in [0.29, 0.717) is 19.8 Å². The maximum atomic E-state index is 6.08. The van der Waals surface area contributed by atoms with Gasteiger partial charge in [-0.15, -0.1) is 0 Å². The van der Waals surface area contributed by atoms with Crippen LogP contribution in [-0.4, -0.2) is 28.6 Å². The van der Waals surface area contributed by atoms with E-state index in [2.05, 4.69) is 62.3 Å². The number of rotatable bonds is 6. The Labute approximate surface area is 127 Å². The van der Waals surface area contributed by atoms with Crippen LogP contribution in [0.2, 0.25) is 6.55 Å². The molecular weight excluding hydrogens is 268 g/mol. The maximum absolute atomic E-state index is 6.08. The molecule has 0 aromatic heterocycles. The first-order valence-electron chi connectivity index (χ1n) is 7.54. The van der Waals surface area contributed by atoms with Crippen LogP contribution in [0.4, 0.5) is 0 Å². The minimum absolute atomic E-state index is 0.116. The van der Waals surface area contributed by atoms with Crippen molar-refractivity contribution >= 4 is 8.80 Å². The molecular formula is C16H36O3Si. The first-order chi connectivity index (χ1) is 8.62. The number of hydrogen-bond donors (Lipinski definition) is 0. The van der Waals surface area contributed by atoms with E-state index in [-0.39, 0.29) is 16.2 Å². The Morgan fingerprint density at radius 1 is 0.550 bits per heavy atom. The molecule has 3 nitrogen and oxygen atoms in total. The highest BCUT2D eigenvalue weighted by Crippen LogP contribution is 2.24. The van der Waals surface area contributed by atoms with Gasteiger partial charge in [-0.2, -0.15) is 0 Å². The van der Waals surface area contributed by atoms with E-state index in [1.165, 1.54) is 0 Å². The SMILES string of the molecule is CC(C)(C)CO[Si](C)(OCC(C)(C)C)OCC(C)(C)C. The van der Waals surface area contributed by atoms with Gasteiger partial charge in [0.2, 0.25) is 0 Å². The van der Waals surface area contributed by atoms with Crippen LogP contribution in [0.1, 0.15) is 62.3 Å². The summed E-state index contributed by atoms with van der Waals surface area (Å²) in [6.45, 7) is 23.4. The Hall–Kier alpha value is 0.0969. The predicted octanol–water partition coefficient (Wildman–Crippen LogP) is 4.74. The third-order valence-corrected chi connectivity index (χ3v) is 4.31. The Bertz CT molecular complexity index is 236. The molecule has 0 aliphatic carbocycles. The molecule has 0 heterocycles. The zero-order chi connectivity index (χ0) is 16.2. The Morgan fingerprint density at radius 3 is 0.900 bits per heavy atom. The molecule has 0 amide bonds. The second kappa shape index (κ2) is 6.90. The summed E-state index contributed by atoms with van der Waals surface area (Å²) < 4.78 is 18.2. The van der Waals surface area contributed by atoms with Crippen molar-refractivity contribution in [3.63, 3.8) is 0 Å². The summed E-state index contributed by atoms with van der Waals surface area (Å²) in [6, 6.07) is 0. The van der Waals surface area contributed by atoms with E-state index in [1.54, 1.807) is 0 Å². The van der Waals surface area contributed by atoms with Crippen molar-refractivity contribution in [3.05, 3.63) is 0 Å². The second-order valence-corrected chi connectivity index (χ2v) is 12.0. The van der Waals surface area contributed by atoms with Crippen molar-refractivity contribution in [2.45, 2.75) is 68.9 Å². The first-order valence-corrected chi connectivity index (χ1v) is 9.76. The molecule has 20 heavy (non-hydrogen) atoms. The predicted molar refractivity (Wildman–Crippen MR) is 87.8 cm³/mol. The van der Waals surface area contributed by atoms with Gasteiger partial charge in [-0.3, -0.25) is 0 Å². The van der Waals surface area contributed by atoms with Crippen LogP contribution in [0.3, 0.4) is 0 Å². The van der Waals surface area contributed by atoms with Gasteiger partial charge in [0.15, 0.2) is 0 Å². The lowest BCUT2D eigenvalue weighted by Crippen LogP contribution is -2.47. The monoisotopic (exact) mass is 304 g/mol. The summed E-state index contributed by atoms with van der Waals surface area (Å²) in [4.78, 5) is 0. The molecule has 122 valence electrons. The Kier molecular flexibility index (Phi) is 6.94. The quantitative estimate of drug-likeness (QED) is 0.663. The van der Waals surface area contributed by atoms with Crippen LogP contribution in [0.5, 0.6) is 0 Å².